The zero-order valence-electron chi connectivity index (χ0n) is 8.64. The van der Waals surface area contributed by atoms with E-state index >= 15 is 0 Å². The Morgan fingerprint density at radius 1 is 1.29 bits per heavy atom. The molecular weight excluding hydrogens is 184 g/mol. The fourth-order valence-corrected chi connectivity index (χ4v) is 1.97. The van der Waals surface area contributed by atoms with Crippen LogP contribution in [0.3, 0.4) is 0 Å². The van der Waals surface area contributed by atoms with Crippen molar-refractivity contribution in [3.8, 4) is 0 Å². The molecule has 1 heterocycles. The third-order valence-corrected chi connectivity index (χ3v) is 2.60. The number of hydrogen-bond donors (Lipinski definition) is 1. The van der Waals surface area contributed by atoms with Crippen LogP contribution in [0.25, 0.3) is 0 Å². The van der Waals surface area contributed by atoms with Crippen LogP contribution < -0.4 is 0 Å². The summed E-state index contributed by atoms with van der Waals surface area (Å²) < 4.78 is 16.3. The average molecular weight is 200 g/mol. The van der Waals surface area contributed by atoms with E-state index in [0.717, 1.165) is 0 Å². The second-order valence-electron chi connectivity index (χ2n) is 4.14. The van der Waals surface area contributed by atoms with E-state index in [9.17, 15) is 5.11 Å². The van der Waals surface area contributed by atoms with Gasteiger partial charge in [-0.25, -0.2) is 0 Å². The van der Waals surface area contributed by atoms with Crippen molar-refractivity contribution in [2.45, 2.75) is 44.1 Å². The van der Waals surface area contributed by atoms with Gasteiger partial charge in [0.25, 0.3) is 0 Å². The number of fused-ring (bicyclic) bond motifs is 1. The molecule has 0 unspecified atom stereocenters. The Bertz CT molecular complexity index is 249. The summed E-state index contributed by atoms with van der Waals surface area (Å²) >= 11 is 0. The molecule has 1 aliphatic heterocycles. The number of rotatable bonds is 1. The Hall–Kier alpha value is -0.420. The van der Waals surface area contributed by atoms with Gasteiger partial charge in [-0.2, -0.15) is 0 Å². The van der Waals surface area contributed by atoms with Crippen LogP contribution in [0.5, 0.6) is 0 Å². The Morgan fingerprint density at radius 3 is 2.64 bits per heavy atom. The van der Waals surface area contributed by atoms with Gasteiger partial charge < -0.3 is 19.3 Å². The van der Waals surface area contributed by atoms with Gasteiger partial charge in [-0.1, -0.05) is 12.2 Å². The lowest BCUT2D eigenvalue weighted by Gasteiger charge is -2.29. The Morgan fingerprint density at radius 2 is 2.00 bits per heavy atom. The molecule has 2 rings (SSSR count). The highest BCUT2D eigenvalue weighted by Gasteiger charge is 2.47. The normalized spacial score (nSPS) is 45.1. The fraction of sp³-hybridized carbons (Fsp3) is 0.800. The van der Waals surface area contributed by atoms with E-state index in [0.29, 0.717) is 0 Å². The lowest BCUT2D eigenvalue weighted by atomic mass is 9.96. The molecule has 4 heteroatoms. The highest BCUT2D eigenvalue weighted by Crippen LogP contribution is 2.34. The summed E-state index contributed by atoms with van der Waals surface area (Å²) in [5, 5.41) is 9.89. The molecule has 1 fully saturated rings. The summed E-state index contributed by atoms with van der Waals surface area (Å²) in [5.41, 5.74) is 0. The van der Waals surface area contributed by atoms with Gasteiger partial charge in [0.1, 0.15) is 24.4 Å². The van der Waals surface area contributed by atoms with Crippen molar-refractivity contribution in [3.63, 3.8) is 0 Å². The molecule has 0 aromatic carbocycles. The van der Waals surface area contributed by atoms with E-state index in [1.54, 1.807) is 7.11 Å². The van der Waals surface area contributed by atoms with E-state index in [1.807, 2.05) is 26.0 Å². The first kappa shape index (κ1) is 10.1. The Balaban J connectivity index is 2.16. The van der Waals surface area contributed by atoms with Crippen LogP contribution in [-0.2, 0) is 14.2 Å². The summed E-state index contributed by atoms with van der Waals surface area (Å²) in [7, 11) is 1.57. The molecule has 0 radical (unpaired) electrons. The first-order chi connectivity index (χ1) is 6.53. The van der Waals surface area contributed by atoms with Crippen molar-refractivity contribution >= 4 is 0 Å². The first-order valence-electron chi connectivity index (χ1n) is 4.78. The van der Waals surface area contributed by atoms with Crippen molar-refractivity contribution in [2.75, 3.05) is 7.11 Å². The van der Waals surface area contributed by atoms with Crippen molar-refractivity contribution < 1.29 is 19.3 Å². The molecule has 1 saturated heterocycles. The molecule has 0 aromatic heterocycles. The van der Waals surface area contributed by atoms with Gasteiger partial charge in [0.2, 0.25) is 0 Å². The van der Waals surface area contributed by atoms with Crippen molar-refractivity contribution in [1.29, 1.82) is 0 Å². The maximum atomic E-state index is 9.89. The zero-order chi connectivity index (χ0) is 10.3. The maximum absolute atomic E-state index is 9.89. The van der Waals surface area contributed by atoms with E-state index < -0.39 is 11.9 Å². The second-order valence-corrected chi connectivity index (χ2v) is 4.14. The number of aliphatic hydroxyl groups is 1. The predicted molar refractivity (Wildman–Crippen MR) is 49.8 cm³/mol. The smallest absolute Gasteiger partial charge is 0.164 e. The van der Waals surface area contributed by atoms with Crippen LogP contribution >= 0.6 is 0 Å². The lowest BCUT2D eigenvalue weighted by molar-refractivity contribution is -0.159. The quantitative estimate of drug-likeness (QED) is 0.624. The minimum absolute atomic E-state index is 0.161. The van der Waals surface area contributed by atoms with E-state index in [1.165, 1.54) is 0 Å². The van der Waals surface area contributed by atoms with Crippen LogP contribution in [-0.4, -0.2) is 42.4 Å². The van der Waals surface area contributed by atoms with Gasteiger partial charge in [-0.15, -0.1) is 0 Å². The maximum Gasteiger partial charge on any atom is 0.164 e. The fourth-order valence-electron chi connectivity index (χ4n) is 1.97. The third-order valence-electron chi connectivity index (χ3n) is 2.60. The molecule has 0 aromatic rings. The number of methoxy groups -OCH3 is 1. The topological polar surface area (TPSA) is 47.9 Å². The number of hydrogen-bond acceptors (Lipinski definition) is 4. The molecule has 14 heavy (non-hydrogen) atoms. The molecule has 2 aliphatic rings. The summed E-state index contributed by atoms with van der Waals surface area (Å²) in [5.74, 6) is -0.622. The summed E-state index contributed by atoms with van der Waals surface area (Å²) in [6, 6.07) is 0. The highest BCUT2D eigenvalue weighted by atomic mass is 16.8. The Labute approximate surface area is 83.5 Å². The zero-order valence-corrected chi connectivity index (χ0v) is 8.64. The lowest BCUT2D eigenvalue weighted by Crippen LogP contribution is -2.45. The van der Waals surface area contributed by atoms with Crippen molar-refractivity contribution in [3.05, 3.63) is 12.2 Å². The van der Waals surface area contributed by atoms with Crippen LogP contribution in [0.2, 0.25) is 0 Å². The van der Waals surface area contributed by atoms with E-state index in [-0.39, 0.29) is 18.3 Å². The van der Waals surface area contributed by atoms with Gasteiger partial charge >= 0.3 is 0 Å². The van der Waals surface area contributed by atoms with Gasteiger partial charge in [-0.3, -0.25) is 0 Å². The minimum atomic E-state index is -0.656. The molecule has 1 N–H and O–H groups in total. The number of aliphatic hydroxyl groups excluding tert-OH is 1. The van der Waals surface area contributed by atoms with Gasteiger partial charge in [0, 0.05) is 7.11 Å². The van der Waals surface area contributed by atoms with E-state index in [4.69, 9.17) is 14.2 Å². The molecule has 0 spiro atoms. The molecule has 1 aliphatic carbocycles. The Kier molecular flexibility index (Phi) is 2.39. The molecule has 0 amide bonds. The van der Waals surface area contributed by atoms with Crippen LogP contribution in [0.4, 0.5) is 0 Å². The second kappa shape index (κ2) is 3.31. The SMILES string of the molecule is CO[C@@H]1C=C[C@H]2OC(C)(C)O[C@H]2[C@H]1O. The third kappa shape index (κ3) is 1.59. The van der Waals surface area contributed by atoms with Gasteiger partial charge in [0.05, 0.1) is 0 Å². The molecule has 0 saturated carbocycles. The molecule has 80 valence electrons. The number of ether oxygens (including phenoxy) is 3. The average Bonchev–Trinajstić information content (AvgIpc) is 2.42. The summed E-state index contributed by atoms with van der Waals surface area (Å²) in [4.78, 5) is 0. The van der Waals surface area contributed by atoms with Crippen LogP contribution in [0.1, 0.15) is 13.8 Å². The summed E-state index contributed by atoms with van der Waals surface area (Å²) in [6.45, 7) is 3.68. The van der Waals surface area contributed by atoms with E-state index in [2.05, 4.69) is 0 Å². The molecule has 4 atom stereocenters. The van der Waals surface area contributed by atoms with Crippen LogP contribution in [0.15, 0.2) is 12.2 Å². The molecule has 0 bridgehead atoms. The predicted octanol–water partition coefficient (Wildman–Crippen LogP) is 0.452. The molecule has 4 nitrogen and oxygen atoms in total. The highest BCUT2D eigenvalue weighted by molar-refractivity contribution is 5.11. The monoisotopic (exact) mass is 200 g/mol. The van der Waals surface area contributed by atoms with Gasteiger partial charge in [0.15, 0.2) is 5.79 Å². The van der Waals surface area contributed by atoms with Crippen LogP contribution in [0, 0.1) is 0 Å². The molecular formula is C10H16O4. The van der Waals surface area contributed by atoms with Gasteiger partial charge in [-0.05, 0) is 13.8 Å². The minimum Gasteiger partial charge on any atom is -0.387 e. The summed E-state index contributed by atoms with van der Waals surface area (Å²) in [6.07, 6.45) is 2.27. The first-order valence-corrected chi connectivity index (χ1v) is 4.78. The van der Waals surface area contributed by atoms with Crippen molar-refractivity contribution in [1.82, 2.24) is 0 Å². The van der Waals surface area contributed by atoms with Crippen molar-refractivity contribution in [2.24, 2.45) is 0 Å². The standard InChI is InChI=1S/C10H16O4/c1-10(2)13-7-5-4-6(12-3)8(11)9(7)14-10/h4-9,11H,1-3H3/t6-,7-,8+,9-/m1/s1. The largest absolute Gasteiger partial charge is 0.387 e.